The standard InChI is InChI=1S/C28H32O2/c1-3-24(29)23-15-9-17-27(26(30)4-2)18-10-16-25(27)28(23)21-13-7-5-11-19(21)20-12-6-8-14-22(20)28/h5-8,11-14,23,25H,3-4,9-10,15-18H2,1-2H3. The van der Waals surface area contributed by atoms with Gasteiger partial charge < -0.3 is 0 Å². The van der Waals surface area contributed by atoms with Gasteiger partial charge in [0.15, 0.2) is 0 Å². The van der Waals surface area contributed by atoms with Crippen LogP contribution in [0, 0.1) is 17.3 Å². The van der Waals surface area contributed by atoms with Crippen molar-refractivity contribution in [3.63, 3.8) is 0 Å². The van der Waals surface area contributed by atoms with Crippen LogP contribution in [0.25, 0.3) is 11.1 Å². The van der Waals surface area contributed by atoms with Crippen molar-refractivity contribution < 1.29 is 9.59 Å². The lowest BCUT2D eigenvalue weighted by Gasteiger charge is -2.48. The predicted octanol–water partition coefficient (Wildman–Crippen LogP) is 6.50. The Morgan fingerprint density at radius 1 is 0.833 bits per heavy atom. The van der Waals surface area contributed by atoms with Crippen LogP contribution in [-0.4, -0.2) is 11.6 Å². The molecule has 2 aromatic rings. The van der Waals surface area contributed by atoms with Crippen molar-refractivity contribution in [1.29, 1.82) is 0 Å². The van der Waals surface area contributed by atoms with Crippen molar-refractivity contribution >= 4 is 11.6 Å². The molecule has 2 heteroatoms. The molecule has 2 saturated carbocycles. The number of ketones is 2. The molecule has 0 bridgehead atoms. The van der Waals surface area contributed by atoms with E-state index in [2.05, 4.69) is 48.5 Å². The summed E-state index contributed by atoms with van der Waals surface area (Å²) in [6, 6.07) is 17.4. The minimum Gasteiger partial charge on any atom is -0.299 e. The molecule has 3 unspecified atom stereocenters. The summed E-state index contributed by atoms with van der Waals surface area (Å²) in [5.41, 5.74) is 4.52. The fourth-order valence-corrected chi connectivity index (χ4v) is 7.67. The van der Waals surface area contributed by atoms with Gasteiger partial charge in [-0.3, -0.25) is 9.59 Å². The number of rotatable bonds is 4. The topological polar surface area (TPSA) is 34.1 Å². The molecule has 0 aromatic heterocycles. The van der Waals surface area contributed by atoms with Gasteiger partial charge in [-0.25, -0.2) is 0 Å². The zero-order valence-electron chi connectivity index (χ0n) is 18.2. The van der Waals surface area contributed by atoms with E-state index in [-0.39, 0.29) is 22.7 Å². The number of Topliss-reactive ketones (excluding diaryl/α,β-unsaturated/α-hetero) is 2. The molecular weight excluding hydrogens is 368 g/mol. The fourth-order valence-electron chi connectivity index (χ4n) is 7.67. The van der Waals surface area contributed by atoms with Crippen LogP contribution in [0.4, 0.5) is 0 Å². The molecule has 3 aliphatic rings. The first-order chi connectivity index (χ1) is 14.6. The van der Waals surface area contributed by atoms with E-state index in [1.807, 2.05) is 13.8 Å². The Hall–Kier alpha value is -2.22. The van der Waals surface area contributed by atoms with Gasteiger partial charge in [0.25, 0.3) is 0 Å². The second-order valence-electron chi connectivity index (χ2n) is 9.60. The van der Waals surface area contributed by atoms with Crippen LogP contribution in [0.5, 0.6) is 0 Å². The first-order valence-electron chi connectivity index (χ1n) is 11.9. The molecule has 0 saturated heterocycles. The van der Waals surface area contributed by atoms with Gasteiger partial charge in [-0.2, -0.15) is 0 Å². The number of hydrogen-bond acceptors (Lipinski definition) is 2. The van der Waals surface area contributed by atoms with Gasteiger partial charge in [-0.1, -0.05) is 75.2 Å². The lowest BCUT2D eigenvalue weighted by molar-refractivity contribution is -0.134. The molecule has 1 spiro atoms. The van der Waals surface area contributed by atoms with Gasteiger partial charge >= 0.3 is 0 Å². The van der Waals surface area contributed by atoms with E-state index in [9.17, 15) is 9.59 Å². The molecule has 0 amide bonds. The van der Waals surface area contributed by atoms with E-state index in [4.69, 9.17) is 0 Å². The summed E-state index contributed by atoms with van der Waals surface area (Å²) in [4.78, 5) is 27.1. The predicted molar refractivity (Wildman–Crippen MR) is 120 cm³/mol. The number of fused-ring (bicyclic) bond motifs is 7. The summed E-state index contributed by atoms with van der Waals surface area (Å²) >= 11 is 0. The van der Waals surface area contributed by atoms with Crippen molar-refractivity contribution in [3.05, 3.63) is 59.7 Å². The van der Waals surface area contributed by atoms with Gasteiger partial charge in [0.05, 0.1) is 0 Å². The monoisotopic (exact) mass is 400 g/mol. The third-order valence-corrected chi connectivity index (χ3v) is 8.65. The van der Waals surface area contributed by atoms with Gasteiger partial charge in [0.2, 0.25) is 0 Å². The summed E-state index contributed by atoms with van der Waals surface area (Å²) in [5, 5.41) is 0. The summed E-state index contributed by atoms with van der Waals surface area (Å²) < 4.78 is 0. The molecule has 30 heavy (non-hydrogen) atoms. The molecule has 0 heterocycles. The largest absolute Gasteiger partial charge is 0.299 e. The minimum atomic E-state index is -0.363. The Morgan fingerprint density at radius 2 is 1.40 bits per heavy atom. The van der Waals surface area contributed by atoms with Crippen LogP contribution in [-0.2, 0) is 15.0 Å². The van der Waals surface area contributed by atoms with Crippen molar-refractivity contribution in [2.45, 2.75) is 70.6 Å². The average Bonchev–Trinajstić information content (AvgIpc) is 3.30. The van der Waals surface area contributed by atoms with E-state index in [1.165, 1.54) is 22.3 Å². The number of carbonyl (C=O) groups is 2. The highest BCUT2D eigenvalue weighted by Crippen LogP contribution is 2.67. The number of carbonyl (C=O) groups excluding carboxylic acids is 2. The molecule has 0 aliphatic heterocycles. The quantitative estimate of drug-likeness (QED) is 0.587. The summed E-state index contributed by atoms with van der Waals surface area (Å²) in [6.07, 6.45) is 7.11. The van der Waals surface area contributed by atoms with Crippen LogP contribution >= 0.6 is 0 Å². The Morgan fingerprint density at radius 3 is 1.97 bits per heavy atom. The second-order valence-corrected chi connectivity index (χ2v) is 9.60. The number of hydrogen-bond donors (Lipinski definition) is 0. The van der Waals surface area contributed by atoms with E-state index < -0.39 is 0 Å². The molecule has 2 nitrogen and oxygen atoms in total. The third kappa shape index (κ3) is 2.37. The average molecular weight is 401 g/mol. The maximum Gasteiger partial charge on any atom is 0.139 e. The van der Waals surface area contributed by atoms with Crippen molar-refractivity contribution in [3.8, 4) is 11.1 Å². The maximum absolute atomic E-state index is 13.5. The Labute approximate surface area is 180 Å². The first kappa shape index (κ1) is 19.7. The molecule has 3 aliphatic carbocycles. The Kier molecular flexibility index (Phi) is 4.72. The first-order valence-corrected chi connectivity index (χ1v) is 11.9. The second kappa shape index (κ2) is 7.18. The fraction of sp³-hybridized carbons (Fsp3) is 0.500. The van der Waals surface area contributed by atoms with Crippen LogP contribution in [0.2, 0.25) is 0 Å². The summed E-state index contributed by atoms with van der Waals surface area (Å²) in [7, 11) is 0. The van der Waals surface area contributed by atoms with Crippen LogP contribution in [0.15, 0.2) is 48.5 Å². The third-order valence-electron chi connectivity index (χ3n) is 8.65. The zero-order valence-corrected chi connectivity index (χ0v) is 18.2. The molecule has 0 N–H and O–H groups in total. The highest BCUT2D eigenvalue weighted by molar-refractivity contribution is 5.92. The summed E-state index contributed by atoms with van der Waals surface area (Å²) in [5.74, 6) is 0.969. The van der Waals surface area contributed by atoms with Crippen molar-refractivity contribution in [2.24, 2.45) is 17.3 Å². The van der Waals surface area contributed by atoms with Gasteiger partial charge in [0.1, 0.15) is 11.6 Å². The molecule has 2 aromatic carbocycles. The van der Waals surface area contributed by atoms with E-state index in [1.54, 1.807) is 0 Å². The highest BCUT2D eigenvalue weighted by Gasteiger charge is 2.64. The maximum atomic E-state index is 13.5. The smallest absolute Gasteiger partial charge is 0.139 e. The lowest BCUT2D eigenvalue weighted by atomic mass is 9.53. The van der Waals surface area contributed by atoms with Gasteiger partial charge in [-0.15, -0.1) is 0 Å². The minimum absolute atomic E-state index is 0.0399. The van der Waals surface area contributed by atoms with Crippen molar-refractivity contribution in [2.75, 3.05) is 0 Å². The van der Waals surface area contributed by atoms with Crippen LogP contribution in [0.3, 0.4) is 0 Å². The SMILES string of the molecule is CCC(=O)C1CCCC2(C(=O)CC)CCCC2C12c1ccccc1-c1ccccc12. The molecule has 3 atom stereocenters. The van der Waals surface area contributed by atoms with Crippen molar-refractivity contribution in [1.82, 2.24) is 0 Å². The van der Waals surface area contributed by atoms with Crippen LogP contribution in [0.1, 0.15) is 76.3 Å². The molecule has 2 fully saturated rings. The summed E-state index contributed by atoms with van der Waals surface area (Å²) in [6.45, 7) is 4.03. The zero-order chi connectivity index (χ0) is 20.9. The Bertz CT molecular complexity index is 958. The van der Waals surface area contributed by atoms with Gasteiger partial charge in [0, 0.05) is 29.6 Å². The molecule has 5 rings (SSSR count). The van der Waals surface area contributed by atoms with E-state index in [0.29, 0.717) is 24.4 Å². The van der Waals surface area contributed by atoms with Gasteiger partial charge in [-0.05, 0) is 53.9 Å². The lowest BCUT2D eigenvalue weighted by Crippen LogP contribution is -2.50. The van der Waals surface area contributed by atoms with E-state index in [0.717, 1.165) is 38.5 Å². The highest BCUT2D eigenvalue weighted by atomic mass is 16.1. The van der Waals surface area contributed by atoms with E-state index >= 15 is 0 Å². The normalized spacial score (nSPS) is 28.5. The molecular formula is C28H32O2. The molecule has 0 radical (unpaired) electrons. The Balaban J connectivity index is 1.88. The van der Waals surface area contributed by atoms with Crippen LogP contribution < -0.4 is 0 Å². The molecule has 156 valence electrons. The number of benzene rings is 2.